The molecule has 0 radical (unpaired) electrons. The molecule has 52 valence electrons. The Morgan fingerprint density at radius 1 is 1.78 bits per heavy atom. The number of hydrazine groups is 1. The summed E-state index contributed by atoms with van der Waals surface area (Å²) in [5.74, 6) is 0. The van der Waals surface area contributed by atoms with Crippen molar-refractivity contribution in [1.29, 1.82) is 0 Å². The molecule has 1 rings (SSSR count). The van der Waals surface area contributed by atoms with E-state index < -0.39 is 0 Å². The first-order valence-corrected chi connectivity index (χ1v) is 3.48. The van der Waals surface area contributed by atoms with E-state index in [4.69, 9.17) is 12.2 Å². The summed E-state index contributed by atoms with van der Waals surface area (Å²) in [6, 6.07) is 0. The number of thiocarbonyl (C=S) groups is 1. The summed E-state index contributed by atoms with van der Waals surface area (Å²) in [5.41, 5.74) is 3.14. The van der Waals surface area contributed by atoms with E-state index in [0.29, 0.717) is 0 Å². The molecular weight excluding hydrogens is 134 g/mol. The van der Waals surface area contributed by atoms with Crippen molar-refractivity contribution in [2.75, 3.05) is 20.1 Å². The van der Waals surface area contributed by atoms with Crippen LogP contribution in [0.2, 0.25) is 0 Å². The highest BCUT2D eigenvalue weighted by molar-refractivity contribution is 7.80. The molecule has 0 saturated carbocycles. The maximum absolute atomic E-state index is 4.97. The zero-order valence-electron chi connectivity index (χ0n) is 5.48. The van der Waals surface area contributed by atoms with Crippen molar-refractivity contribution < 1.29 is 0 Å². The predicted molar refractivity (Wildman–Crippen MR) is 41.0 cm³/mol. The largest absolute Gasteiger partial charge is 0.365 e. The molecule has 4 heteroatoms. The molecular formula is C5H11N3S. The van der Waals surface area contributed by atoms with Gasteiger partial charge < -0.3 is 5.32 Å². The van der Waals surface area contributed by atoms with Crippen molar-refractivity contribution in [3.63, 3.8) is 0 Å². The fourth-order valence-electron chi connectivity index (χ4n) is 0.839. The van der Waals surface area contributed by atoms with Gasteiger partial charge in [-0.1, -0.05) is 0 Å². The predicted octanol–water partition coefficient (Wildman–Crippen LogP) is -0.299. The van der Waals surface area contributed by atoms with Crippen molar-refractivity contribution in [1.82, 2.24) is 15.8 Å². The second kappa shape index (κ2) is 2.98. The van der Waals surface area contributed by atoms with Crippen LogP contribution in [0.1, 0.15) is 6.42 Å². The van der Waals surface area contributed by atoms with Crippen molar-refractivity contribution >= 4 is 17.3 Å². The standard InChI is InChI=1S/C5H11N3S/c1-6-5(9)8-4-2-3-7-8/h7H,2-4H2,1H3,(H,6,9). The molecule has 0 atom stereocenters. The van der Waals surface area contributed by atoms with Crippen LogP contribution in [0.15, 0.2) is 0 Å². The van der Waals surface area contributed by atoms with Crippen LogP contribution in [-0.2, 0) is 0 Å². The Morgan fingerprint density at radius 3 is 3.00 bits per heavy atom. The molecule has 1 aliphatic rings. The molecule has 1 aliphatic heterocycles. The maximum atomic E-state index is 4.97. The SMILES string of the molecule is CNC(=S)N1CCCN1. The molecule has 0 unspecified atom stereocenters. The fraction of sp³-hybridized carbons (Fsp3) is 0.800. The van der Waals surface area contributed by atoms with Crippen molar-refractivity contribution in [3.05, 3.63) is 0 Å². The molecule has 0 spiro atoms. The number of nitrogens with one attached hydrogen (secondary N) is 2. The average molecular weight is 145 g/mol. The van der Waals surface area contributed by atoms with Crippen molar-refractivity contribution in [2.24, 2.45) is 0 Å². The molecule has 9 heavy (non-hydrogen) atoms. The molecule has 0 amide bonds. The monoisotopic (exact) mass is 145 g/mol. The summed E-state index contributed by atoms with van der Waals surface area (Å²) in [6.45, 7) is 2.07. The number of nitrogens with zero attached hydrogens (tertiary/aromatic N) is 1. The Balaban J connectivity index is 2.32. The lowest BCUT2D eigenvalue weighted by molar-refractivity contribution is 0.400. The molecule has 1 saturated heterocycles. The number of rotatable bonds is 0. The lowest BCUT2D eigenvalue weighted by Crippen LogP contribution is -2.42. The zero-order valence-corrected chi connectivity index (χ0v) is 6.29. The van der Waals surface area contributed by atoms with E-state index in [9.17, 15) is 0 Å². The Morgan fingerprint density at radius 2 is 2.56 bits per heavy atom. The summed E-state index contributed by atoms with van der Waals surface area (Å²) in [6.07, 6.45) is 1.18. The van der Waals surface area contributed by atoms with Gasteiger partial charge in [0.2, 0.25) is 0 Å². The molecule has 0 aromatic rings. The first-order chi connectivity index (χ1) is 4.34. The lowest BCUT2D eigenvalue weighted by atomic mass is 10.5. The number of hydrogen-bond donors (Lipinski definition) is 2. The Bertz CT molecular complexity index is 109. The van der Waals surface area contributed by atoms with Crippen LogP contribution in [0.25, 0.3) is 0 Å². The normalized spacial score (nSPS) is 18.1. The van der Waals surface area contributed by atoms with Crippen LogP contribution in [-0.4, -0.2) is 30.3 Å². The highest BCUT2D eigenvalue weighted by Gasteiger charge is 2.11. The van der Waals surface area contributed by atoms with E-state index in [-0.39, 0.29) is 0 Å². The maximum Gasteiger partial charge on any atom is 0.183 e. The average Bonchev–Trinajstić information content (AvgIpc) is 2.37. The topological polar surface area (TPSA) is 27.3 Å². The van der Waals surface area contributed by atoms with Crippen LogP contribution in [0, 0.1) is 0 Å². The Hall–Kier alpha value is -0.350. The highest BCUT2D eigenvalue weighted by Crippen LogP contribution is 1.94. The third-order valence-corrected chi connectivity index (χ3v) is 1.74. The van der Waals surface area contributed by atoms with Crippen LogP contribution < -0.4 is 10.7 Å². The first-order valence-electron chi connectivity index (χ1n) is 3.07. The Labute approximate surface area is 60.4 Å². The van der Waals surface area contributed by atoms with Gasteiger partial charge in [0.1, 0.15) is 0 Å². The summed E-state index contributed by atoms with van der Waals surface area (Å²) in [4.78, 5) is 0. The van der Waals surface area contributed by atoms with Gasteiger partial charge in [-0.25, -0.2) is 5.43 Å². The van der Waals surface area contributed by atoms with Gasteiger partial charge in [0.25, 0.3) is 0 Å². The van der Waals surface area contributed by atoms with E-state index in [0.717, 1.165) is 18.2 Å². The minimum atomic E-state index is 0.785. The highest BCUT2D eigenvalue weighted by atomic mass is 32.1. The minimum absolute atomic E-state index is 0.785. The van der Waals surface area contributed by atoms with Gasteiger partial charge >= 0.3 is 0 Å². The molecule has 3 nitrogen and oxygen atoms in total. The quantitative estimate of drug-likeness (QED) is 0.458. The summed E-state index contributed by atoms with van der Waals surface area (Å²) in [5, 5.41) is 5.64. The molecule has 1 fully saturated rings. The van der Waals surface area contributed by atoms with Gasteiger partial charge in [-0.05, 0) is 18.6 Å². The molecule has 0 aromatic heterocycles. The molecule has 1 heterocycles. The molecule has 0 aliphatic carbocycles. The van der Waals surface area contributed by atoms with Gasteiger partial charge in [0.05, 0.1) is 0 Å². The van der Waals surface area contributed by atoms with E-state index in [2.05, 4.69) is 10.7 Å². The second-order valence-electron chi connectivity index (χ2n) is 1.97. The van der Waals surface area contributed by atoms with Gasteiger partial charge in [0, 0.05) is 20.1 Å². The summed E-state index contributed by atoms with van der Waals surface area (Å²) in [7, 11) is 1.84. The van der Waals surface area contributed by atoms with Crippen LogP contribution in [0.4, 0.5) is 0 Å². The molecule has 0 aromatic carbocycles. The van der Waals surface area contributed by atoms with E-state index in [1.165, 1.54) is 6.42 Å². The van der Waals surface area contributed by atoms with Gasteiger partial charge in [-0.3, -0.25) is 5.01 Å². The first kappa shape index (κ1) is 6.77. The third kappa shape index (κ3) is 1.53. The third-order valence-electron chi connectivity index (χ3n) is 1.32. The lowest BCUT2D eigenvalue weighted by Gasteiger charge is -2.16. The molecule has 2 N–H and O–H groups in total. The smallest absolute Gasteiger partial charge is 0.183 e. The van der Waals surface area contributed by atoms with Crippen LogP contribution >= 0.6 is 12.2 Å². The van der Waals surface area contributed by atoms with Gasteiger partial charge in [-0.2, -0.15) is 0 Å². The zero-order chi connectivity index (χ0) is 6.69. The van der Waals surface area contributed by atoms with Crippen LogP contribution in [0.5, 0.6) is 0 Å². The van der Waals surface area contributed by atoms with E-state index >= 15 is 0 Å². The van der Waals surface area contributed by atoms with Gasteiger partial charge in [-0.15, -0.1) is 0 Å². The summed E-state index contributed by atoms with van der Waals surface area (Å²) < 4.78 is 0. The van der Waals surface area contributed by atoms with Crippen LogP contribution in [0.3, 0.4) is 0 Å². The summed E-state index contributed by atoms with van der Waals surface area (Å²) >= 11 is 4.97. The van der Waals surface area contributed by atoms with Gasteiger partial charge in [0.15, 0.2) is 5.11 Å². The number of hydrogen-bond acceptors (Lipinski definition) is 2. The van der Waals surface area contributed by atoms with Crippen molar-refractivity contribution in [3.8, 4) is 0 Å². The fourth-order valence-corrected chi connectivity index (χ4v) is 0.994. The van der Waals surface area contributed by atoms with E-state index in [1.807, 2.05) is 12.1 Å². The second-order valence-corrected chi connectivity index (χ2v) is 2.36. The van der Waals surface area contributed by atoms with Crippen molar-refractivity contribution in [2.45, 2.75) is 6.42 Å². The Kier molecular flexibility index (Phi) is 2.24. The molecule has 0 bridgehead atoms. The van der Waals surface area contributed by atoms with E-state index in [1.54, 1.807) is 0 Å². The minimum Gasteiger partial charge on any atom is -0.365 e.